The third-order valence-corrected chi connectivity index (χ3v) is 3.94. The zero-order valence-corrected chi connectivity index (χ0v) is 12.0. The van der Waals surface area contributed by atoms with Crippen molar-refractivity contribution in [1.82, 2.24) is 10.2 Å². The van der Waals surface area contributed by atoms with E-state index in [0.29, 0.717) is 18.1 Å². The van der Waals surface area contributed by atoms with Gasteiger partial charge in [-0.05, 0) is 39.7 Å². The summed E-state index contributed by atoms with van der Waals surface area (Å²) in [4.78, 5) is 2.67. The minimum absolute atomic E-state index is 0.629. The van der Waals surface area contributed by atoms with Crippen molar-refractivity contribution in [3.8, 4) is 0 Å². The molecule has 0 radical (unpaired) electrons. The molecule has 1 heterocycles. The summed E-state index contributed by atoms with van der Waals surface area (Å²) in [5.41, 5.74) is 0. The first-order valence-corrected chi connectivity index (χ1v) is 7.17. The van der Waals surface area contributed by atoms with E-state index in [1.54, 1.807) is 7.11 Å². The molecule has 17 heavy (non-hydrogen) atoms. The van der Waals surface area contributed by atoms with E-state index in [9.17, 15) is 0 Å². The number of methoxy groups -OCH3 is 1. The van der Waals surface area contributed by atoms with Crippen molar-refractivity contribution in [2.24, 2.45) is 0 Å². The fourth-order valence-electron chi connectivity index (χ4n) is 2.77. The molecule has 1 rings (SSSR count). The average Bonchev–Trinajstić information content (AvgIpc) is 2.49. The van der Waals surface area contributed by atoms with Gasteiger partial charge >= 0.3 is 0 Å². The van der Waals surface area contributed by atoms with E-state index in [4.69, 9.17) is 4.74 Å². The van der Waals surface area contributed by atoms with Crippen molar-refractivity contribution in [3.05, 3.63) is 0 Å². The van der Waals surface area contributed by atoms with Gasteiger partial charge in [-0.2, -0.15) is 0 Å². The fourth-order valence-corrected chi connectivity index (χ4v) is 2.77. The maximum atomic E-state index is 5.20. The Labute approximate surface area is 107 Å². The lowest BCUT2D eigenvalue weighted by Gasteiger charge is -2.34. The highest BCUT2D eigenvalue weighted by Gasteiger charge is 2.25. The van der Waals surface area contributed by atoms with Crippen LogP contribution < -0.4 is 5.32 Å². The summed E-state index contributed by atoms with van der Waals surface area (Å²) < 4.78 is 5.20. The van der Waals surface area contributed by atoms with E-state index in [1.165, 1.54) is 32.4 Å². The second-order valence-electron chi connectivity index (χ2n) is 5.40. The summed E-state index contributed by atoms with van der Waals surface area (Å²) >= 11 is 0. The van der Waals surface area contributed by atoms with Crippen LogP contribution in [0.3, 0.4) is 0 Å². The highest BCUT2D eigenvalue weighted by atomic mass is 16.5. The van der Waals surface area contributed by atoms with Gasteiger partial charge in [-0.25, -0.2) is 0 Å². The molecular formula is C14H30N2O. The molecule has 0 saturated carbocycles. The van der Waals surface area contributed by atoms with Gasteiger partial charge in [0.25, 0.3) is 0 Å². The van der Waals surface area contributed by atoms with Crippen molar-refractivity contribution in [1.29, 1.82) is 0 Å². The fraction of sp³-hybridized carbons (Fsp3) is 1.00. The number of nitrogens with one attached hydrogen (secondary N) is 1. The Morgan fingerprint density at radius 1 is 1.47 bits per heavy atom. The summed E-state index contributed by atoms with van der Waals surface area (Å²) in [7, 11) is 1.79. The summed E-state index contributed by atoms with van der Waals surface area (Å²) in [5.74, 6) is 0. The molecule has 1 aliphatic rings. The second kappa shape index (κ2) is 8.06. The van der Waals surface area contributed by atoms with Crippen molar-refractivity contribution in [2.75, 3.05) is 26.8 Å². The van der Waals surface area contributed by atoms with E-state index in [2.05, 4.69) is 31.0 Å². The van der Waals surface area contributed by atoms with Crippen LogP contribution in [0, 0.1) is 0 Å². The molecule has 102 valence electrons. The molecule has 1 N–H and O–H groups in total. The number of hydrogen-bond acceptors (Lipinski definition) is 3. The molecule has 0 aliphatic carbocycles. The molecular weight excluding hydrogens is 212 g/mol. The van der Waals surface area contributed by atoms with Crippen LogP contribution in [-0.4, -0.2) is 49.8 Å². The molecule has 3 atom stereocenters. The highest BCUT2D eigenvalue weighted by molar-refractivity contribution is 4.83. The van der Waals surface area contributed by atoms with Crippen LogP contribution in [-0.2, 0) is 4.74 Å². The summed E-state index contributed by atoms with van der Waals surface area (Å²) in [5, 5.41) is 3.68. The Balaban J connectivity index is 2.51. The van der Waals surface area contributed by atoms with Crippen molar-refractivity contribution in [3.63, 3.8) is 0 Å². The SMILES string of the molecule is CCCC1CN(C(C)CCOC)C(C)CCN1. The number of hydrogen-bond donors (Lipinski definition) is 1. The summed E-state index contributed by atoms with van der Waals surface area (Å²) in [6.45, 7) is 10.2. The van der Waals surface area contributed by atoms with E-state index in [-0.39, 0.29) is 0 Å². The minimum atomic E-state index is 0.629. The Kier molecular flexibility index (Phi) is 7.09. The number of nitrogens with zero attached hydrogens (tertiary/aromatic N) is 1. The Morgan fingerprint density at radius 2 is 2.24 bits per heavy atom. The zero-order valence-electron chi connectivity index (χ0n) is 12.0. The Hall–Kier alpha value is -0.120. The molecule has 0 amide bonds. The topological polar surface area (TPSA) is 24.5 Å². The van der Waals surface area contributed by atoms with Gasteiger partial charge in [0, 0.05) is 38.4 Å². The molecule has 0 aromatic rings. The first kappa shape index (κ1) is 14.9. The van der Waals surface area contributed by atoms with Gasteiger partial charge in [0.1, 0.15) is 0 Å². The van der Waals surface area contributed by atoms with E-state index < -0.39 is 0 Å². The molecule has 0 aromatic heterocycles. The molecule has 0 bridgehead atoms. The van der Waals surface area contributed by atoms with Crippen molar-refractivity contribution in [2.45, 2.75) is 64.6 Å². The lowest BCUT2D eigenvalue weighted by molar-refractivity contribution is 0.108. The van der Waals surface area contributed by atoms with Crippen LogP contribution in [0.2, 0.25) is 0 Å². The van der Waals surface area contributed by atoms with Gasteiger partial charge in [-0.3, -0.25) is 4.90 Å². The molecule has 1 fully saturated rings. The van der Waals surface area contributed by atoms with Crippen LogP contribution in [0.4, 0.5) is 0 Å². The maximum absolute atomic E-state index is 5.20. The van der Waals surface area contributed by atoms with E-state index >= 15 is 0 Å². The lowest BCUT2D eigenvalue weighted by Crippen LogP contribution is -2.45. The van der Waals surface area contributed by atoms with Crippen LogP contribution in [0.25, 0.3) is 0 Å². The quantitative estimate of drug-likeness (QED) is 0.773. The van der Waals surface area contributed by atoms with E-state index in [0.717, 1.165) is 13.0 Å². The van der Waals surface area contributed by atoms with Crippen LogP contribution in [0.15, 0.2) is 0 Å². The number of rotatable bonds is 6. The molecule has 3 heteroatoms. The predicted molar refractivity (Wildman–Crippen MR) is 73.4 cm³/mol. The first-order valence-electron chi connectivity index (χ1n) is 7.17. The summed E-state index contributed by atoms with van der Waals surface area (Å²) in [6.07, 6.45) is 4.96. The van der Waals surface area contributed by atoms with E-state index in [1.807, 2.05) is 0 Å². The van der Waals surface area contributed by atoms with Gasteiger partial charge in [0.05, 0.1) is 0 Å². The zero-order chi connectivity index (χ0) is 12.7. The molecule has 0 aromatic carbocycles. The molecule has 1 aliphatic heterocycles. The standard InChI is InChI=1S/C14H30N2O/c1-5-6-14-11-16(12(2)7-9-15-14)13(3)8-10-17-4/h12-15H,5-11H2,1-4H3. The van der Waals surface area contributed by atoms with Gasteiger partial charge in [-0.15, -0.1) is 0 Å². The first-order chi connectivity index (χ1) is 8.19. The van der Waals surface area contributed by atoms with Crippen LogP contribution >= 0.6 is 0 Å². The van der Waals surface area contributed by atoms with Gasteiger partial charge < -0.3 is 10.1 Å². The minimum Gasteiger partial charge on any atom is -0.385 e. The molecule has 3 nitrogen and oxygen atoms in total. The predicted octanol–water partition coefficient (Wildman–Crippen LogP) is 2.26. The molecule has 1 saturated heterocycles. The third-order valence-electron chi connectivity index (χ3n) is 3.94. The smallest absolute Gasteiger partial charge is 0.0477 e. The largest absolute Gasteiger partial charge is 0.385 e. The third kappa shape index (κ3) is 4.94. The highest BCUT2D eigenvalue weighted by Crippen LogP contribution is 2.16. The molecule has 3 unspecified atom stereocenters. The Bertz CT molecular complexity index is 199. The maximum Gasteiger partial charge on any atom is 0.0477 e. The van der Waals surface area contributed by atoms with Crippen molar-refractivity contribution >= 4 is 0 Å². The monoisotopic (exact) mass is 242 g/mol. The van der Waals surface area contributed by atoms with Gasteiger partial charge in [0.2, 0.25) is 0 Å². The van der Waals surface area contributed by atoms with Crippen LogP contribution in [0.1, 0.15) is 46.5 Å². The second-order valence-corrected chi connectivity index (χ2v) is 5.40. The van der Waals surface area contributed by atoms with Crippen LogP contribution in [0.5, 0.6) is 0 Å². The van der Waals surface area contributed by atoms with Gasteiger partial charge in [0.15, 0.2) is 0 Å². The van der Waals surface area contributed by atoms with Gasteiger partial charge in [-0.1, -0.05) is 13.3 Å². The Morgan fingerprint density at radius 3 is 2.88 bits per heavy atom. The molecule has 0 spiro atoms. The number of ether oxygens (including phenoxy) is 1. The summed E-state index contributed by atoms with van der Waals surface area (Å²) in [6, 6.07) is 2.00. The lowest BCUT2D eigenvalue weighted by atomic mass is 10.1. The normalized spacial score (nSPS) is 28.9. The average molecular weight is 242 g/mol. The van der Waals surface area contributed by atoms with Crippen molar-refractivity contribution < 1.29 is 4.74 Å².